The van der Waals surface area contributed by atoms with Gasteiger partial charge in [-0.1, -0.05) is 67.0 Å². The Kier molecular flexibility index (Phi) is 6.02. The highest BCUT2D eigenvalue weighted by molar-refractivity contribution is 9.09. The predicted octanol–water partition coefficient (Wildman–Crippen LogP) is 3.48. The molecule has 19 heavy (non-hydrogen) atoms. The fraction of sp³-hybridized carbons (Fsp3) is 0.571. The van der Waals surface area contributed by atoms with E-state index in [2.05, 4.69) is 20.7 Å². The van der Waals surface area contributed by atoms with E-state index in [1.54, 1.807) is 0 Å². The lowest BCUT2D eigenvalue weighted by Gasteiger charge is -2.18. The van der Waals surface area contributed by atoms with Crippen LogP contribution < -0.4 is 4.72 Å². The Morgan fingerprint density at radius 1 is 1.21 bits per heavy atom. The number of rotatable bonds is 6. The first kappa shape index (κ1) is 16.7. The van der Waals surface area contributed by atoms with Crippen LogP contribution in [0.4, 0.5) is 0 Å². The van der Waals surface area contributed by atoms with Gasteiger partial charge in [-0.25, -0.2) is 13.1 Å². The zero-order chi connectivity index (χ0) is 14.5. The summed E-state index contributed by atoms with van der Waals surface area (Å²) in [6, 6.07) is 9.78. The van der Waals surface area contributed by atoms with Gasteiger partial charge in [0.1, 0.15) is 0 Å². The molecule has 0 aliphatic rings. The van der Waals surface area contributed by atoms with Gasteiger partial charge >= 0.3 is 0 Å². The SMILES string of the molecule is CC(C)(C)CCS(=O)(=O)NCC(Br)c1ccccc1. The molecule has 0 aliphatic heterocycles. The van der Waals surface area contributed by atoms with E-state index < -0.39 is 10.0 Å². The number of benzene rings is 1. The average molecular weight is 348 g/mol. The molecule has 1 unspecified atom stereocenters. The maximum atomic E-state index is 11.9. The van der Waals surface area contributed by atoms with Crippen LogP contribution in [0, 0.1) is 5.41 Å². The molecule has 0 radical (unpaired) electrons. The van der Waals surface area contributed by atoms with Crippen LogP contribution in [0.5, 0.6) is 0 Å². The van der Waals surface area contributed by atoms with Crippen LogP contribution in [0.25, 0.3) is 0 Å². The van der Waals surface area contributed by atoms with Crippen molar-refractivity contribution in [1.82, 2.24) is 4.72 Å². The van der Waals surface area contributed by atoms with Gasteiger partial charge in [-0.05, 0) is 17.4 Å². The largest absolute Gasteiger partial charge is 0.214 e. The topological polar surface area (TPSA) is 46.2 Å². The van der Waals surface area contributed by atoms with Gasteiger partial charge in [-0.2, -0.15) is 0 Å². The van der Waals surface area contributed by atoms with Crippen molar-refractivity contribution < 1.29 is 8.42 Å². The lowest BCUT2D eigenvalue weighted by Crippen LogP contribution is -2.30. The molecule has 1 rings (SSSR count). The molecule has 5 heteroatoms. The van der Waals surface area contributed by atoms with Crippen molar-refractivity contribution in [2.75, 3.05) is 12.3 Å². The molecular formula is C14H22BrNO2S. The number of sulfonamides is 1. The Bertz CT molecular complexity index is 480. The van der Waals surface area contributed by atoms with Crippen molar-refractivity contribution in [3.05, 3.63) is 35.9 Å². The summed E-state index contributed by atoms with van der Waals surface area (Å²) in [5.41, 5.74) is 1.10. The zero-order valence-corrected chi connectivity index (χ0v) is 14.1. The van der Waals surface area contributed by atoms with Crippen LogP contribution in [-0.2, 0) is 10.0 Å². The number of hydrogen-bond donors (Lipinski definition) is 1. The van der Waals surface area contributed by atoms with E-state index in [0.29, 0.717) is 13.0 Å². The molecule has 0 aliphatic carbocycles. The smallest absolute Gasteiger partial charge is 0.211 e. The van der Waals surface area contributed by atoms with E-state index in [9.17, 15) is 8.42 Å². The highest BCUT2D eigenvalue weighted by Gasteiger charge is 2.18. The van der Waals surface area contributed by atoms with Crippen molar-refractivity contribution in [3.63, 3.8) is 0 Å². The minimum absolute atomic E-state index is 0.00175. The van der Waals surface area contributed by atoms with Gasteiger partial charge < -0.3 is 0 Å². The van der Waals surface area contributed by atoms with Crippen LogP contribution >= 0.6 is 15.9 Å². The number of hydrogen-bond acceptors (Lipinski definition) is 2. The summed E-state index contributed by atoms with van der Waals surface area (Å²) in [6.07, 6.45) is 0.653. The van der Waals surface area contributed by atoms with Gasteiger partial charge in [-0.15, -0.1) is 0 Å². The van der Waals surface area contributed by atoms with Crippen molar-refractivity contribution in [2.45, 2.75) is 32.0 Å². The highest BCUT2D eigenvalue weighted by Crippen LogP contribution is 2.22. The Balaban J connectivity index is 2.47. The Morgan fingerprint density at radius 2 is 1.79 bits per heavy atom. The van der Waals surface area contributed by atoms with E-state index >= 15 is 0 Å². The van der Waals surface area contributed by atoms with Crippen molar-refractivity contribution in [3.8, 4) is 0 Å². The zero-order valence-electron chi connectivity index (χ0n) is 11.7. The Labute approximate surface area is 125 Å². The molecule has 3 nitrogen and oxygen atoms in total. The standard InChI is InChI=1S/C14H22BrNO2S/c1-14(2,3)9-10-19(17,18)16-11-13(15)12-7-5-4-6-8-12/h4-8,13,16H,9-11H2,1-3H3. The van der Waals surface area contributed by atoms with Gasteiger partial charge in [-0.3, -0.25) is 0 Å². The van der Waals surface area contributed by atoms with Gasteiger partial charge in [0.2, 0.25) is 10.0 Å². The Morgan fingerprint density at radius 3 is 2.32 bits per heavy atom. The third kappa shape index (κ3) is 7.09. The summed E-state index contributed by atoms with van der Waals surface area (Å²) in [4.78, 5) is -0.00175. The van der Waals surface area contributed by atoms with Gasteiger partial charge in [0.25, 0.3) is 0 Å². The van der Waals surface area contributed by atoms with Crippen molar-refractivity contribution in [1.29, 1.82) is 0 Å². The molecule has 0 heterocycles. The third-order valence-corrected chi connectivity index (χ3v) is 4.96. The first-order valence-corrected chi connectivity index (χ1v) is 8.93. The summed E-state index contributed by atoms with van der Waals surface area (Å²) < 4.78 is 26.4. The van der Waals surface area contributed by atoms with Gasteiger partial charge in [0, 0.05) is 6.54 Å². The predicted molar refractivity (Wildman–Crippen MR) is 84.0 cm³/mol. The molecule has 108 valence electrons. The molecule has 0 aromatic heterocycles. The monoisotopic (exact) mass is 347 g/mol. The van der Waals surface area contributed by atoms with E-state index in [1.165, 1.54) is 0 Å². The molecule has 0 bridgehead atoms. The lowest BCUT2D eigenvalue weighted by atomic mass is 9.94. The molecule has 0 spiro atoms. The van der Waals surface area contributed by atoms with Gasteiger partial charge in [0.15, 0.2) is 0 Å². The molecule has 1 aromatic carbocycles. The fourth-order valence-electron chi connectivity index (χ4n) is 1.49. The van der Waals surface area contributed by atoms with Crippen LogP contribution in [0.3, 0.4) is 0 Å². The summed E-state index contributed by atoms with van der Waals surface area (Å²) in [6.45, 7) is 6.50. The minimum atomic E-state index is -3.20. The van der Waals surface area contributed by atoms with Crippen LogP contribution in [0.15, 0.2) is 30.3 Å². The van der Waals surface area contributed by atoms with Crippen molar-refractivity contribution in [2.24, 2.45) is 5.41 Å². The molecule has 0 fully saturated rings. The molecule has 0 saturated carbocycles. The molecular weight excluding hydrogens is 326 g/mol. The van der Waals surface area contributed by atoms with Crippen LogP contribution in [-0.4, -0.2) is 20.7 Å². The lowest BCUT2D eigenvalue weighted by molar-refractivity contribution is 0.396. The number of nitrogens with one attached hydrogen (secondary N) is 1. The minimum Gasteiger partial charge on any atom is -0.214 e. The van der Waals surface area contributed by atoms with E-state index in [-0.39, 0.29) is 16.0 Å². The third-order valence-electron chi connectivity index (χ3n) is 2.76. The quantitative estimate of drug-likeness (QED) is 0.800. The normalized spacial score (nSPS) is 14.3. The summed E-state index contributed by atoms with van der Waals surface area (Å²) in [7, 11) is -3.20. The number of halogens is 1. The molecule has 1 aromatic rings. The molecule has 0 amide bonds. The second-order valence-electron chi connectivity index (χ2n) is 5.86. The molecule has 0 saturated heterocycles. The second-order valence-corrected chi connectivity index (χ2v) is 8.89. The average Bonchev–Trinajstić information content (AvgIpc) is 2.34. The fourth-order valence-corrected chi connectivity index (χ4v) is 3.62. The Hall–Kier alpha value is -0.390. The van der Waals surface area contributed by atoms with Crippen LogP contribution in [0.2, 0.25) is 0 Å². The maximum Gasteiger partial charge on any atom is 0.211 e. The van der Waals surface area contributed by atoms with E-state index in [0.717, 1.165) is 5.56 Å². The summed E-state index contributed by atoms with van der Waals surface area (Å²) in [5.74, 6) is 0.172. The van der Waals surface area contributed by atoms with E-state index in [4.69, 9.17) is 0 Å². The van der Waals surface area contributed by atoms with E-state index in [1.807, 2.05) is 51.1 Å². The summed E-state index contributed by atoms with van der Waals surface area (Å²) in [5, 5.41) is 0. The first-order chi connectivity index (χ1) is 8.70. The molecule has 1 N–H and O–H groups in total. The second kappa shape index (κ2) is 6.86. The highest BCUT2D eigenvalue weighted by atomic mass is 79.9. The first-order valence-electron chi connectivity index (χ1n) is 6.36. The van der Waals surface area contributed by atoms with Crippen molar-refractivity contribution >= 4 is 26.0 Å². The number of alkyl halides is 1. The molecule has 1 atom stereocenters. The van der Waals surface area contributed by atoms with Gasteiger partial charge in [0.05, 0.1) is 10.6 Å². The summed E-state index contributed by atoms with van der Waals surface area (Å²) >= 11 is 3.50. The maximum absolute atomic E-state index is 11.9. The van der Waals surface area contributed by atoms with Crippen LogP contribution in [0.1, 0.15) is 37.6 Å².